The Bertz CT molecular complexity index is 565. The van der Waals surface area contributed by atoms with Crippen LogP contribution in [0.1, 0.15) is 19.0 Å². The van der Waals surface area contributed by atoms with Gasteiger partial charge in [-0.25, -0.2) is 18.1 Å². The molecule has 8 heteroatoms. The highest BCUT2D eigenvalue weighted by Gasteiger charge is 2.24. The van der Waals surface area contributed by atoms with Crippen LogP contribution in [0.5, 0.6) is 5.88 Å². The van der Waals surface area contributed by atoms with E-state index in [2.05, 4.69) is 14.7 Å². The van der Waals surface area contributed by atoms with Crippen LogP contribution >= 0.6 is 0 Å². The zero-order valence-electron chi connectivity index (χ0n) is 10.3. The first kappa shape index (κ1) is 14.2. The maximum Gasteiger partial charge on any atom is 0.251 e. The van der Waals surface area contributed by atoms with E-state index in [0.29, 0.717) is 5.69 Å². The Kier molecular flexibility index (Phi) is 4.44. The molecule has 1 unspecified atom stereocenters. The van der Waals surface area contributed by atoms with Gasteiger partial charge in [0.25, 0.3) is 10.0 Å². The van der Waals surface area contributed by atoms with Crippen molar-refractivity contribution in [3.05, 3.63) is 11.8 Å². The van der Waals surface area contributed by atoms with Crippen LogP contribution < -0.4 is 9.46 Å². The summed E-state index contributed by atoms with van der Waals surface area (Å²) < 4.78 is 30.7. The predicted molar refractivity (Wildman–Crippen MR) is 65.6 cm³/mol. The van der Waals surface area contributed by atoms with Gasteiger partial charge in [0.2, 0.25) is 11.8 Å². The number of aryl methyl sites for hydroxylation is 1. The third kappa shape index (κ3) is 3.30. The highest BCUT2D eigenvalue weighted by molar-refractivity contribution is 7.93. The number of ether oxygens (including phenoxy) is 1. The van der Waals surface area contributed by atoms with Crippen molar-refractivity contribution in [2.24, 2.45) is 0 Å². The molecule has 0 aliphatic carbocycles. The summed E-state index contributed by atoms with van der Waals surface area (Å²) in [7, 11) is -2.39. The number of nitrogens with zero attached hydrogens (tertiary/aromatic N) is 3. The van der Waals surface area contributed by atoms with Gasteiger partial charge in [0.1, 0.15) is 0 Å². The van der Waals surface area contributed by atoms with Crippen molar-refractivity contribution in [2.45, 2.75) is 25.5 Å². The van der Waals surface area contributed by atoms with Crippen LogP contribution in [0.15, 0.2) is 6.07 Å². The summed E-state index contributed by atoms with van der Waals surface area (Å²) in [5.41, 5.74) is 0.560. The first-order valence-corrected chi connectivity index (χ1v) is 6.78. The van der Waals surface area contributed by atoms with E-state index in [1.165, 1.54) is 7.11 Å². The van der Waals surface area contributed by atoms with Gasteiger partial charge in [0.15, 0.2) is 5.25 Å². The minimum atomic E-state index is -3.81. The lowest BCUT2D eigenvalue weighted by Crippen LogP contribution is -2.27. The summed E-state index contributed by atoms with van der Waals surface area (Å²) in [5.74, 6) is 0.158. The molecule has 0 aliphatic rings. The second-order valence-electron chi connectivity index (χ2n) is 3.55. The van der Waals surface area contributed by atoms with E-state index < -0.39 is 15.3 Å². The normalized spacial score (nSPS) is 12.6. The lowest BCUT2D eigenvalue weighted by molar-refractivity contribution is 0.397. The molecule has 0 radical (unpaired) electrons. The minimum Gasteiger partial charge on any atom is -0.481 e. The lowest BCUT2D eigenvalue weighted by Gasteiger charge is -2.10. The van der Waals surface area contributed by atoms with Crippen molar-refractivity contribution in [2.75, 3.05) is 11.8 Å². The zero-order chi connectivity index (χ0) is 13.8. The van der Waals surface area contributed by atoms with Crippen molar-refractivity contribution in [1.82, 2.24) is 9.97 Å². The second-order valence-corrected chi connectivity index (χ2v) is 5.41. The average Bonchev–Trinajstić information content (AvgIpc) is 2.28. The molecule has 0 fully saturated rings. The monoisotopic (exact) mass is 270 g/mol. The molecule has 0 bridgehead atoms. The molecule has 0 saturated carbocycles. The number of hydrogen-bond acceptors (Lipinski definition) is 6. The number of sulfonamides is 1. The SMILES string of the molecule is CCC(C#N)S(=O)(=O)Nc1nc(C)cc(OC)n1. The fourth-order valence-electron chi connectivity index (χ4n) is 1.27. The largest absolute Gasteiger partial charge is 0.481 e. The number of rotatable bonds is 5. The molecule has 1 rings (SSSR count). The fraction of sp³-hybridized carbons (Fsp3) is 0.500. The molecule has 1 atom stereocenters. The van der Waals surface area contributed by atoms with Gasteiger partial charge >= 0.3 is 0 Å². The molecular weight excluding hydrogens is 256 g/mol. The zero-order valence-corrected chi connectivity index (χ0v) is 11.2. The van der Waals surface area contributed by atoms with Crippen LogP contribution in [0.25, 0.3) is 0 Å². The van der Waals surface area contributed by atoms with Gasteiger partial charge in [-0.05, 0) is 13.3 Å². The molecule has 1 aromatic rings. The molecule has 0 aliphatic heterocycles. The number of nitriles is 1. The second kappa shape index (κ2) is 5.64. The molecule has 0 aromatic carbocycles. The molecular formula is C10H14N4O3S. The Hall–Kier alpha value is -1.88. The number of nitrogens with one attached hydrogen (secondary N) is 1. The highest BCUT2D eigenvalue weighted by Crippen LogP contribution is 2.14. The highest BCUT2D eigenvalue weighted by atomic mass is 32.2. The molecule has 0 spiro atoms. The maximum absolute atomic E-state index is 11.8. The smallest absolute Gasteiger partial charge is 0.251 e. The fourth-order valence-corrected chi connectivity index (χ4v) is 2.33. The minimum absolute atomic E-state index is 0.0967. The molecule has 0 amide bonds. The summed E-state index contributed by atoms with van der Waals surface area (Å²) in [6.07, 6.45) is 0.189. The van der Waals surface area contributed by atoms with Gasteiger partial charge in [-0.2, -0.15) is 10.2 Å². The third-order valence-corrected chi connectivity index (χ3v) is 3.82. The first-order chi connectivity index (χ1) is 8.42. The van der Waals surface area contributed by atoms with Crippen molar-refractivity contribution in [3.63, 3.8) is 0 Å². The van der Waals surface area contributed by atoms with Crippen LogP contribution in [0.3, 0.4) is 0 Å². The summed E-state index contributed by atoms with van der Waals surface area (Å²) >= 11 is 0. The van der Waals surface area contributed by atoms with Crippen LogP contribution in [0.2, 0.25) is 0 Å². The topological polar surface area (TPSA) is 105 Å². The van der Waals surface area contributed by atoms with Gasteiger partial charge in [-0.3, -0.25) is 0 Å². The van der Waals surface area contributed by atoms with Gasteiger partial charge < -0.3 is 4.74 Å². The van der Waals surface area contributed by atoms with Crippen LogP contribution in [0, 0.1) is 18.3 Å². The van der Waals surface area contributed by atoms with Crippen molar-refractivity contribution < 1.29 is 13.2 Å². The van der Waals surface area contributed by atoms with Crippen molar-refractivity contribution in [3.8, 4) is 11.9 Å². The summed E-state index contributed by atoms with van der Waals surface area (Å²) in [4.78, 5) is 7.78. The first-order valence-electron chi connectivity index (χ1n) is 5.23. The molecule has 7 nitrogen and oxygen atoms in total. The number of hydrogen-bond donors (Lipinski definition) is 1. The quantitative estimate of drug-likeness (QED) is 0.849. The molecule has 1 N–H and O–H groups in total. The van der Waals surface area contributed by atoms with Gasteiger partial charge in [0, 0.05) is 11.8 Å². The molecule has 1 aromatic heterocycles. The van der Waals surface area contributed by atoms with E-state index in [9.17, 15) is 8.42 Å². The van der Waals surface area contributed by atoms with Gasteiger partial charge in [-0.1, -0.05) is 6.92 Å². The molecule has 18 heavy (non-hydrogen) atoms. The molecule has 0 saturated heterocycles. The van der Waals surface area contributed by atoms with E-state index in [-0.39, 0.29) is 18.2 Å². The maximum atomic E-state index is 11.8. The van der Waals surface area contributed by atoms with E-state index in [4.69, 9.17) is 10.00 Å². The standard InChI is InChI=1S/C10H14N4O3S/c1-4-8(6-11)18(15,16)14-10-12-7(2)5-9(13-10)17-3/h5,8H,4H2,1-3H3,(H,12,13,14). The van der Waals surface area contributed by atoms with E-state index in [1.807, 2.05) is 0 Å². The number of aromatic nitrogens is 2. The van der Waals surface area contributed by atoms with Crippen LogP contribution in [0.4, 0.5) is 5.95 Å². The van der Waals surface area contributed by atoms with E-state index in [1.54, 1.807) is 26.0 Å². The Morgan fingerprint density at radius 2 is 2.22 bits per heavy atom. The van der Waals surface area contributed by atoms with Crippen LogP contribution in [-0.2, 0) is 10.0 Å². The average molecular weight is 270 g/mol. The molecule has 98 valence electrons. The summed E-state index contributed by atoms with van der Waals surface area (Å²) in [6.45, 7) is 3.30. The Morgan fingerprint density at radius 3 is 2.72 bits per heavy atom. The van der Waals surface area contributed by atoms with E-state index >= 15 is 0 Å². The summed E-state index contributed by atoms with van der Waals surface area (Å²) in [6, 6.07) is 3.29. The number of methoxy groups -OCH3 is 1. The Morgan fingerprint density at radius 1 is 1.56 bits per heavy atom. The van der Waals surface area contributed by atoms with E-state index in [0.717, 1.165) is 0 Å². The third-order valence-electron chi connectivity index (χ3n) is 2.16. The van der Waals surface area contributed by atoms with Crippen molar-refractivity contribution >= 4 is 16.0 Å². The lowest BCUT2D eigenvalue weighted by atomic mass is 10.4. The Labute approximate surface area is 106 Å². The predicted octanol–water partition coefficient (Wildman–Crippen LogP) is 0.837. The molecule has 1 heterocycles. The Balaban J connectivity index is 3.05. The van der Waals surface area contributed by atoms with Crippen LogP contribution in [-0.4, -0.2) is 30.7 Å². The van der Waals surface area contributed by atoms with Crippen molar-refractivity contribution in [1.29, 1.82) is 5.26 Å². The van der Waals surface area contributed by atoms with Gasteiger partial charge in [0.05, 0.1) is 13.2 Å². The number of anilines is 1. The summed E-state index contributed by atoms with van der Waals surface area (Å²) in [5, 5.41) is 7.63. The van der Waals surface area contributed by atoms with Gasteiger partial charge in [-0.15, -0.1) is 0 Å².